The molecule has 0 radical (unpaired) electrons. The van der Waals surface area contributed by atoms with Crippen LogP contribution in [0.15, 0.2) is 23.4 Å². The minimum atomic E-state index is 0.589. The maximum Gasteiger partial charge on any atom is 0.0962 e. The summed E-state index contributed by atoms with van der Waals surface area (Å²) in [5.41, 5.74) is 1.41. The molecule has 116 valence electrons. The van der Waals surface area contributed by atoms with Crippen LogP contribution in [0.4, 0.5) is 0 Å². The summed E-state index contributed by atoms with van der Waals surface area (Å²) in [5, 5.41) is 2.02. The molecule has 3 heteroatoms. The second kappa shape index (κ2) is 7.15. The summed E-state index contributed by atoms with van der Waals surface area (Å²) in [5.74, 6) is 0. The molecule has 1 saturated heterocycles. The molecular formula is C18H28N2S. The molecule has 0 N–H and O–H groups in total. The molecule has 21 heavy (non-hydrogen) atoms. The van der Waals surface area contributed by atoms with Crippen LogP contribution in [0.1, 0.15) is 70.4 Å². The van der Waals surface area contributed by atoms with E-state index in [4.69, 9.17) is 4.98 Å². The number of nitrogens with zero attached hydrogens (tertiary/aromatic N) is 2. The zero-order valence-electron chi connectivity index (χ0n) is 13.4. The van der Waals surface area contributed by atoms with Crippen molar-refractivity contribution in [2.45, 2.75) is 81.2 Å². The summed E-state index contributed by atoms with van der Waals surface area (Å²) in [6.07, 6.45) is 11.7. The zero-order chi connectivity index (χ0) is 14.7. The summed E-state index contributed by atoms with van der Waals surface area (Å²) >= 11 is 2.00. The fourth-order valence-corrected chi connectivity index (χ4v) is 4.95. The average molecular weight is 305 g/mol. The van der Waals surface area contributed by atoms with Crippen LogP contribution in [0, 0.1) is 0 Å². The SMILES string of the molecule is CC(C)N1CCC[C@@H]1c1ccc(SC2CCCCC2)nc1. The van der Waals surface area contributed by atoms with Crippen molar-refractivity contribution >= 4 is 11.8 Å². The predicted octanol–water partition coefficient (Wildman–Crippen LogP) is 5.05. The summed E-state index contributed by atoms with van der Waals surface area (Å²) < 4.78 is 0. The van der Waals surface area contributed by atoms with Gasteiger partial charge in [-0.3, -0.25) is 4.90 Å². The van der Waals surface area contributed by atoms with Crippen LogP contribution in [0.25, 0.3) is 0 Å². The Morgan fingerprint density at radius 1 is 1.10 bits per heavy atom. The van der Waals surface area contributed by atoms with E-state index >= 15 is 0 Å². The molecule has 0 bridgehead atoms. The Kier molecular flexibility index (Phi) is 5.23. The molecule has 0 spiro atoms. The first-order chi connectivity index (χ1) is 10.2. The number of likely N-dealkylation sites (tertiary alicyclic amines) is 1. The minimum absolute atomic E-state index is 0.589. The molecule has 2 heterocycles. The number of hydrogen-bond donors (Lipinski definition) is 0. The molecular weight excluding hydrogens is 276 g/mol. The highest BCUT2D eigenvalue weighted by Gasteiger charge is 2.28. The van der Waals surface area contributed by atoms with E-state index < -0.39 is 0 Å². The summed E-state index contributed by atoms with van der Waals surface area (Å²) in [7, 11) is 0. The fourth-order valence-electron chi connectivity index (χ4n) is 3.78. The van der Waals surface area contributed by atoms with Gasteiger partial charge >= 0.3 is 0 Å². The van der Waals surface area contributed by atoms with Gasteiger partial charge in [-0.15, -0.1) is 11.8 Å². The number of thioether (sulfide) groups is 1. The van der Waals surface area contributed by atoms with Crippen LogP contribution in [0.3, 0.4) is 0 Å². The van der Waals surface area contributed by atoms with E-state index in [-0.39, 0.29) is 0 Å². The first-order valence-corrected chi connectivity index (χ1v) is 9.50. The standard InChI is InChI=1S/C18H28N2S/c1-14(2)20-12-6-9-17(20)15-10-11-18(19-13-15)21-16-7-4-3-5-8-16/h10-11,13-14,16-17H,3-9,12H2,1-2H3/t17-/m1/s1. The first kappa shape index (κ1) is 15.4. The number of rotatable bonds is 4. The lowest BCUT2D eigenvalue weighted by Crippen LogP contribution is -2.30. The Balaban J connectivity index is 1.63. The molecule has 1 aliphatic heterocycles. The van der Waals surface area contributed by atoms with Crippen molar-refractivity contribution in [2.24, 2.45) is 0 Å². The van der Waals surface area contributed by atoms with Gasteiger partial charge in [0.05, 0.1) is 5.03 Å². The average Bonchev–Trinajstić information content (AvgIpc) is 2.99. The highest BCUT2D eigenvalue weighted by atomic mass is 32.2. The molecule has 0 amide bonds. The molecule has 0 aromatic carbocycles. The van der Waals surface area contributed by atoms with Gasteiger partial charge in [0.15, 0.2) is 0 Å². The number of aromatic nitrogens is 1. The first-order valence-electron chi connectivity index (χ1n) is 8.62. The monoisotopic (exact) mass is 304 g/mol. The lowest BCUT2D eigenvalue weighted by atomic mass is 10.0. The van der Waals surface area contributed by atoms with Crippen molar-refractivity contribution in [1.29, 1.82) is 0 Å². The van der Waals surface area contributed by atoms with Crippen molar-refractivity contribution in [3.63, 3.8) is 0 Å². The van der Waals surface area contributed by atoms with Crippen molar-refractivity contribution < 1.29 is 0 Å². The quantitative estimate of drug-likeness (QED) is 0.774. The normalized spacial score (nSPS) is 24.8. The largest absolute Gasteiger partial charge is 0.294 e. The Bertz CT molecular complexity index is 437. The molecule has 1 aromatic rings. The molecule has 2 aliphatic rings. The second-order valence-corrected chi connectivity index (χ2v) is 8.12. The van der Waals surface area contributed by atoms with E-state index in [0.717, 1.165) is 5.25 Å². The van der Waals surface area contributed by atoms with Gasteiger partial charge < -0.3 is 0 Å². The van der Waals surface area contributed by atoms with Gasteiger partial charge in [-0.25, -0.2) is 4.98 Å². The molecule has 1 aromatic heterocycles. The molecule has 1 saturated carbocycles. The maximum absolute atomic E-state index is 4.75. The molecule has 1 atom stereocenters. The zero-order valence-corrected chi connectivity index (χ0v) is 14.2. The molecule has 2 nitrogen and oxygen atoms in total. The van der Waals surface area contributed by atoms with Crippen molar-refractivity contribution in [3.05, 3.63) is 23.9 Å². The Morgan fingerprint density at radius 3 is 2.57 bits per heavy atom. The van der Waals surface area contributed by atoms with Crippen molar-refractivity contribution in [2.75, 3.05) is 6.54 Å². The lowest BCUT2D eigenvalue weighted by molar-refractivity contribution is 0.205. The van der Waals surface area contributed by atoms with E-state index in [9.17, 15) is 0 Å². The van der Waals surface area contributed by atoms with Crippen LogP contribution in [0.2, 0.25) is 0 Å². The van der Waals surface area contributed by atoms with Crippen LogP contribution in [0.5, 0.6) is 0 Å². The van der Waals surface area contributed by atoms with Crippen LogP contribution >= 0.6 is 11.8 Å². The number of hydrogen-bond acceptors (Lipinski definition) is 3. The highest BCUT2D eigenvalue weighted by molar-refractivity contribution is 7.99. The Labute approximate surface area is 133 Å². The van der Waals surface area contributed by atoms with E-state index in [1.807, 2.05) is 11.8 Å². The third kappa shape index (κ3) is 3.81. The third-order valence-electron chi connectivity index (χ3n) is 4.94. The smallest absolute Gasteiger partial charge is 0.0962 e. The highest BCUT2D eigenvalue weighted by Crippen LogP contribution is 2.35. The summed E-state index contributed by atoms with van der Waals surface area (Å²) in [6, 6.07) is 5.80. The van der Waals surface area contributed by atoms with Gasteiger partial charge in [-0.05, 0) is 57.7 Å². The van der Waals surface area contributed by atoms with Crippen LogP contribution in [-0.4, -0.2) is 27.7 Å². The van der Waals surface area contributed by atoms with Gasteiger partial charge in [-0.1, -0.05) is 25.3 Å². The number of pyridine rings is 1. The second-order valence-electron chi connectivity index (χ2n) is 6.80. The third-order valence-corrected chi connectivity index (χ3v) is 6.23. The van der Waals surface area contributed by atoms with Crippen LogP contribution in [-0.2, 0) is 0 Å². The molecule has 0 unspecified atom stereocenters. The Morgan fingerprint density at radius 2 is 1.90 bits per heavy atom. The molecule has 1 aliphatic carbocycles. The lowest BCUT2D eigenvalue weighted by Gasteiger charge is -2.28. The van der Waals surface area contributed by atoms with Crippen molar-refractivity contribution in [1.82, 2.24) is 9.88 Å². The van der Waals surface area contributed by atoms with Gasteiger partial charge in [0.25, 0.3) is 0 Å². The minimum Gasteiger partial charge on any atom is -0.294 e. The van der Waals surface area contributed by atoms with Gasteiger partial charge in [-0.2, -0.15) is 0 Å². The van der Waals surface area contributed by atoms with E-state index in [1.54, 1.807) is 0 Å². The predicted molar refractivity (Wildman–Crippen MR) is 90.8 cm³/mol. The Hall–Kier alpha value is -0.540. The molecule has 2 fully saturated rings. The van der Waals surface area contributed by atoms with Gasteiger partial charge in [0, 0.05) is 23.5 Å². The maximum atomic E-state index is 4.75. The van der Waals surface area contributed by atoms with Gasteiger partial charge in [0.1, 0.15) is 0 Å². The summed E-state index contributed by atoms with van der Waals surface area (Å²) in [6.45, 7) is 5.85. The van der Waals surface area contributed by atoms with Crippen LogP contribution < -0.4 is 0 Å². The van der Waals surface area contributed by atoms with E-state index in [0.29, 0.717) is 12.1 Å². The summed E-state index contributed by atoms with van der Waals surface area (Å²) in [4.78, 5) is 7.36. The van der Waals surface area contributed by atoms with E-state index in [2.05, 4.69) is 37.1 Å². The molecule has 3 rings (SSSR count). The van der Waals surface area contributed by atoms with Crippen molar-refractivity contribution in [3.8, 4) is 0 Å². The fraction of sp³-hybridized carbons (Fsp3) is 0.722. The van der Waals surface area contributed by atoms with E-state index in [1.165, 1.54) is 62.1 Å². The van der Waals surface area contributed by atoms with Gasteiger partial charge in [0.2, 0.25) is 0 Å². The topological polar surface area (TPSA) is 16.1 Å².